The third-order valence-electron chi connectivity index (χ3n) is 4.41. The molecular weight excluding hydrogens is 372 g/mol. The Bertz CT molecular complexity index is 1140. The molecule has 4 aromatic rings. The molecule has 142 valence electrons. The number of fused-ring (bicyclic) bond motifs is 1. The van der Waals surface area contributed by atoms with Crippen molar-refractivity contribution in [2.24, 2.45) is 0 Å². The zero-order chi connectivity index (χ0) is 19.3. The number of aromatic nitrogens is 4. The summed E-state index contributed by atoms with van der Waals surface area (Å²) >= 11 is 1.44. The standard InChI is InChI=1S/C21H20N4O2S/c1-15-23-24-19(27-15)14-28-21-22-18-12-6-5-11-17(18)20(26)25(21)13-7-10-16-8-3-2-4-9-16/h2-6,8-9,11-12H,7,10,13-14H2,1H3. The lowest BCUT2D eigenvalue weighted by atomic mass is 10.1. The van der Waals surface area contributed by atoms with Crippen molar-refractivity contribution >= 4 is 22.7 Å². The first-order valence-electron chi connectivity index (χ1n) is 9.16. The lowest BCUT2D eigenvalue weighted by Gasteiger charge is -2.12. The number of para-hydroxylation sites is 1. The summed E-state index contributed by atoms with van der Waals surface area (Å²) < 4.78 is 7.21. The zero-order valence-electron chi connectivity index (χ0n) is 15.5. The maximum absolute atomic E-state index is 13.1. The Kier molecular flexibility index (Phi) is 5.53. The van der Waals surface area contributed by atoms with Crippen LogP contribution in [0.15, 0.2) is 69.0 Å². The lowest BCUT2D eigenvalue weighted by molar-refractivity contribution is 0.485. The van der Waals surface area contributed by atoms with E-state index in [-0.39, 0.29) is 5.56 Å². The van der Waals surface area contributed by atoms with Crippen LogP contribution in [-0.2, 0) is 18.7 Å². The van der Waals surface area contributed by atoms with Crippen molar-refractivity contribution in [1.29, 1.82) is 0 Å². The van der Waals surface area contributed by atoms with Crippen LogP contribution in [0.25, 0.3) is 10.9 Å². The van der Waals surface area contributed by atoms with Gasteiger partial charge in [0.15, 0.2) is 5.16 Å². The van der Waals surface area contributed by atoms with Crippen LogP contribution in [0.5, 0.6) is 0 Å². The van der Waals surface area contributed by atoms with E-state index in [0.29, 0.717) is 40.1 Å². The van der Waals surface area contributed by atoms with Gasteiger partial charge in [0, 0.05) is 13.5 Å². The van der Waals surface area contributed by atoms with Gasteiger partial charge in [-0.3, -0.25) is 9.36 Å². The van der Waals surface area contributed by atoms with Crippen LogP contribution in [0, 0.1) is 6.92 Å². The first-order valence-corrected chi connectivity index (χ1v) is 10.1. The summed E-state index contributed by atoms with van der Waals surface area (Å²) in [5.74, 6) is 1.53. The number of benzene rings is 2. The summed E-state index contributed by atoms with van der Waals surface area (Å²) in [7, 11) is 0. The van der Waals surface area contributed by atoms with E-state index in [1.54, 1.807) is 11.5 Å². The van der Waals surface area contributed by atoms with Gasteiger partial charge in [0.25, 0.3) is 5.56 Å². The van der Waals surface area contributed by atoms with Gasteiger partial charge in [-0.1, -0.05) is 54.2 Å². The van der Waals surface area contributed by atoms with E-state index in [2.05, 4.69) is 22.3 Å². The number of hydrogen-bond donors (Lipinski definition) is 0. The lowest BCUT2D eigenvalue weighted by Crippen LogP contribution is -2.23. The summed E-state index contributed by atoms with van der Waals surface area (Å²) in [5.41, 5.74) is 1.96. The van der Waals surface area contributed by atoms with Crippen LogP contribution >= 0.6 is 11.8 Å². The molecule has 2 aromatic carbocycles. The molecule has 0 aliphatic heterocycles. The van der Waals surface area contributed by atoms with Gasteiger partial charge < -0.3 is 4.42 Å². The first kappa shape index (κ1) is 18.4. The molecule has 0 atom stereocenters. The summed E-state index contributed by atoms with van der Waals surface area (Å²) in [6, 6.07) is 17.7. The maximum Gasteiger partial charge on any atom is 0.262 e. The van der Waals surface area contributed by atoms with Gasteiger partial charge in [-0.25, -0.2) is 4.98 Å². The van der Waals surface area contributed by atoms with E-state index in [4.69, 9.17) is 9.40 Å². The minimum atomic E-state index is -0.0112. The Morgan fingerprint density at radius 1 is 1.04 bits per heavy atom. The van der Waals surface area contributed by atoms with E-state index in [0.717, 1.165) is 12.8 Å². The Morgan fingerprint density at radius 3 is 2.61 bits per heavy atom. The zero-order valence-corrected chi connectivity index (χ0v) is 16.4. The highest BCUT2D eigenvalue weighted by atomic mass is 32.2. The quantitative estimate of drug-likeness (QED) is 0.349. The number of thioether (sulfide) groups is 1. The first-order chi connectivity index (χ1) is 13.7. The number of aryl methyl sites for hydroxylation is 2. The van der Waals surface area contributed by atoms with Gasteiger partial charge in [-0.2, -0.15) is 0 Å². The Hall–Kier alpha value is -2.93. The Balaban J connectivity index is 1.59. The molecule has 2 aromatic heterocycles. The molecule has 4 rings (SSSR count). The number of hydrogen-bond acceptors (Lipinski definition) is 6. The molecule has 0 saturated carbocycles. The fraction of sp³-hybridized carbons (Fsp3) is 0.238. The van der Waals surface area contributed by atoms with Crippen molar-refractivity contribution in [2.45, 2.75) is 37.2 Å². The number of rotatable bonds is 7. The smallest absolute Gasteiger partial charge is 0.262 e. The van der Waals surface area contributed by atoms with Crippen LogP contribution in [-0.4, -0.2) is 19.7 Å². The van der Waals surface area contributed by atoms with Gasteiger partial charge >= 0.3 is 0 Å². The van der Waals surface area contributed by atoms with Crippen LogP contribution in [0.1, 0.15) is 23.8 Å². The molecule has 0 unspecified atom stereocenters. The van der Waals surface area contributed by atoms with E-state index in [1.807, 2.05) is 42.5 Å². The average Bonchev–Trinajstić information content (AvgIpc) is 3.14. The molecule has 28 heavy (non-hydrogen) atoms. The SMILES string of the molecule is Cc1nnc(CSc2nc3ccccc3c(=O)n2CCCc2ccccc2)o1. The Morgan fingerprint density at radius 2 is 1.82 bits per heavy atom. The van der Waals surface area contributed by atoms with Crippen LogP contribution in [0.3, 0.4) is 0 Å². The Labute approximate surface area is 166 Å². The van der Waals surface area contributed by atoms with E-state index < -0.39 is 0 Å². The second kappa shape index (κ2) is 8.39. The molecular formula is C21H20N4O2S. The topological polar surface area (TPSA) is 73.8 Å². The van der Waals surface area contributed by atoms with Gasteiger partial charge in [0.05, 0.1) is 16.7 Å². The molecule has 0 saturated heterocycles. The van der Waals surface area contributed by atoms with Crippen molar-refractivity contribution in [3.8, 4) is 0 Å². The highest BCUT2D eigenvalue weighted by Gasteiger charge is 2.13. The molecule has 0 fully saturated rings. The highest BCUT2D eigenvalue weighted by Crippen LogP contribution is 2.22. The molecule has 0 aliphatic carbocycles. The van der Waals surface area contributed by atoms with Crippen molar-refractivity contribution < 1.29 is 4.42 Å². The van der Waals surface area contributed by atoms with Crippen molar-refractivity contribution in [3.05, 3.63) is 82.3 Å². The van der Waals surface area contributed by atoms with Crippen molar-refractivity contribution in [2.75, 3.05) is 0 Å². The van der Waals surface area contributed by atoms with Crippen LogP contribution < -0.4 is 5.56 Å². The largest absolute Gasteiger partial charge is 0.425 e. The molecule has 0 N–H and O–H groups in total. The second-order valence-corrected chi connectivity index (χ2v) is 7.40. The third kappa shape index (κ3) is 4.14. The second-order valence-electron chi connectivity index (χ2n) is 6.46. The summed E-state index contributed by atoms with van der Waals surface area (Å²) in [4.78, 5) is 17.8. The fourth-order valence-electron chi connectivity index (χ4n) is 3.06. The summed E-state index contributed by atoms with van der Waals surface area (Å²) in [6.07, 6.45) is 1.77. The minimum absolute atomic E-state index is 0.0112. The van der Waals surface area contributed by atoms with Gasteiger partial charge in [0.1, 0.15) is 0 Å². The van der Waals surface area contributed by atoms with Crippen molar-refractivity contribution in [1.82, 2.24) is 19.7 Å². The summed E-state index contributed by atoms with van der Waals surface area (Å²) in [5, 5.41) is 9.19. The maximum atomic E-state index is 13.1. The van der Waals surface area contributed by atoms with Crippen LogP contribution in [0.4, 0.5) is 0 Å². The van der Waals surface area contributed by atoms with Gasteiger partial charge in [-0.15, -0.1) is 10.2 Å². The normalized spacial score (nSPS) is 11.2. The van der Waals surface area contributed by atoms with Crippen molar-refractivity contribution in [3.63, 3.8) is 0 Å². The molecule has 0 bridgehead atoms. The molecule has 0 amide bonds. The minimum Gasteiger partial charge on any atom is -0.425 e. The van der Waals surface area contributed by atoms with E-state index in [1.165, 1.54) is 17.3 Å². The third-order valence-corrected chi connectivity index (χ3v) is 5.37. The van der Waals surface area contributed by atoms with E-state index >= 15 is 0 Å². The molecule has 2 heterocycles. The predicted molar refractivity (Wildman–Crippen MR) is 109 cm³/mol. The fourth-order valence-corrected chi connectivity index (χ4v) is 3.93. The van der Waals surface area contributed by atoms with Crippen LogP contribution in [0.2, 0.25) is 0 Å². The van der Waals surface area contributed by atoms with E-state index in [9.17, 15) is 4.79 Å². The predicted octanol–water partition coefficient (Wildman–Crippen LogP) is 4.01. The molecule has 0 radical (unpaired) electrons. The number of nitrogens with zero attached hydrogens (tertiary/aromatic N) is 4. The van der Waals surface area contributed by atoms with Gasteiger partial charge in [-0.05, 0) is 30.5 Å². The average molecular weight is 392 g/mol. The monoisotopic (exact) mass is 392 g/mol. The molecule has 6 nitrogen and oxygen atoms in total. The highest BCUT2D eigenvalue weighted by molar-refractivity contribution is 7.98. The summed E-state index contributed by atoms with van der Waals surface area (Å²) in [6.45, 7) is 2.37. The molecule has 0 spiro atoms. The van der Waals surface area contributed by atoms with Gasteiger partial charge in [0.2, 0.25) is 11.8 Å². The molecule has 0 aliphatic rings. The molecule has 7 heteroatoms.